The standard InChI is InChI=1S/C8H18O2.Zr/c1-3-5-7-10-8(9)6-4-2;/h8-9H,3-7H2,1-2H3;. The summed E-state index contributed by atoms with van der Waals surface area (Å²) in [5.74, 6) is 0. The van der Waals surface area contributed by atoms with Crippen LogP contribution in [0.15, 0.2) is 0 Å². The Hall–Kier alpha value is 0.803. The van der Waals surface area contributed by atoms with Gasteiger partial charge in [0.25, 0.3) is 0 Å². The van der Waals surface area contributed by atoms with Crippen LogP contribution in [0.4, 0.5) is 0 Å². The van der Waals surface area contributed by atoms with Crippen LogP contribution < -0.4 is 0 Å². The molecule has 1 N–H and O–H groups in total. The van der Waals surface area contributed by atoms with Crippen LogP contribution in [0.5, 0.6) is 0 Å². The minimum absolute atomic E-state index is 0. The summed E-state index contributed by atoms with van der Waals surface area (Å²) in [4.78, 5) is 0. The Kier molecular flexibility index (Phi) is 14.1. The number of rotatable bonds is 6. The van der Waals surface area contributed by atoms with Crippen molar-refractivity contribution in [1.29, 1.82) is 0 Å². The Morgan fingerprint density at radius 1 is 1.27 bits per heavy atom. The Balaban J connectivity index is 0. The molecule has 0 radical (unpaired) electrons. The number of hydrogen-bond acceptors (Lipinski definition) is 2. The van der Waals surface area contributed by atoms with Crippen molar-refractivity contribution in [3.8, 4) is 0 Å². The molecule has 0 spiro atoms. The van der Waals surface area contributed by atoms with Crippen LogP contribution in [0.1, 0.15) is 39.5 Å². The first-order valence-corrected chi connectivity index (χ1v) is 4.11. The second kappa shape index (κ2) is 10.8. The van der Waals surface area contributed by atoms with Crippen LogP contribution in [0, 0.1) is 0 Å². The molecule has 0 saturated carbocycles. The van der Waals surface area contributed by atoms with E-state index in [0.717, 1.165) is 25.7 Å². The van der Waals surface area contributed by atoms with E-state index in [1.807, 2.05) is 6.92 Å². The topological polar surface area (TPSA) is 29.5 Å². The smallest absolute Gasteiger partial charge is 0.154 e. The summed E-state index contributed by atoms with van der Waals surface area (Å²) in [6, 6.07) is 0. The van der Waals surface area contributed by atoms with Gasteiger partial charge in [-0.1, -0.05) is 26.7 Å². The SMILES string of the molecule is CCCCOC(O)CCC.[Zr]. The third-order valence-electron chi connectivity index (χ3n) is 1.34. The summed E-state index contributed by atoms with van der Waals surface area (Å²) >= 11 is 0. The van der Waals surface area contributed by atoms with Gasteiger partial charge in [0, 0.05) is 32.8 Å². The summed E-state index contributed by atoms with van der Waals surface area (Å²) < 4.78 is 5.08. The van der Waals surface area contributed by atoms with Crippen LogP contribution in [0.2, 0.25) is 0 Å². The third-order valence-corrected chi connectivity index (χ3v) is 1.34. The van der Waals surface area contributed by atoms with E-state index in [2.05, 4.69) is 6.92 Å². The minimum Gasteiger partial charge on any atom is -0.368 e. The molecular formula is C8H18O2Zr. The van der Waals surface area contributed by atoms with Crippen LogP contribution in [0.3, 0.4) is 0 Å². The first-order valence-electron chi connectivity index (χ1n) is 4.11. The maximum absolute atomic E-state index is 9.05. The fourth-order valence-corrected chi connectivity index (χ4v) is 0.694. The molecule has 11 heavy (non-hydrogen) atoms. The average molecular weight is 237 g/mol. The van der Waals surface area contributed by atoms with Crippen molar-refractivity contribution in [1.82, 2.24) is 0 Å². The molecule has 0 bridgehead atoms. The molecular weight excluding hydrogens is 219 g/mol. The van der Waals surface area contributed by atoms with Gasteiger partial charge in [0.1, 0.15) is 0 Å². The minimum atomic E-state index is -0.531. The largest absolute Gasteiger partial charge is 0.368 e. The zero-order chi connectivity index (χ0) is 7.82. The maximum Gasteiger partial charge on any atom is 0.154 e. The van der Waals surface area contributed by atoms with E-state index in [1.54, 1.807) is 0 Å². The van der Waals surface area contributed by atoms with E-state index < -0.39 is 6.29 Å². The molecule has 0 amide bonds. The van der Waals surface area contributed by atoms with Gasteiger partial charge in [-0.25, -0.2) is 0 Å². The Morgan fingerprint density at radius 2 is 1.91 bits per heavy atom. The van der Waals surface area contributed by atoms with Crippen molar-refractivity contribution in [2.45, 2.75) is 45.8 Å². The molecule has 1 unspecified atom stereocenters. The second-order valence-corrected chi connectivity index (χ2v) is 2.47. The summed E-state index contributed by atoms with van der Waals surface area (Å²) in [6.07, 6.45) is 3.37. The molecule has 1 atom stereocenters. The quantitative estimate of drug-likeness (QED) is 0.565. The summed E-state index contributed by atoms with van der Waals surface area (Å²) in [5, 5.41) is 9.05. The number of hydrogen-bond donors (Lipinski definition) is 1. The Morgan fingerprint density at radius 3 is 2.36 bits per heavy atom. The molecule has 0 aliphatic rings. The van der Waals surface area contributed by atoms with E-state index in [1.165, 1.54) is 0 Å². The second-order valence-electron chi connectivity index (χ2n) is 2.47. The fourth-order valence-electron chi connectivity index (χ4n) is 0.694. The van der Waals surface area contributed by atoms with Crippen LogP contribution >= 0.6 is 0 Å². The summed E-state index contributed by atoms with van der Waals surface area (Å²) in [6.45, 7) is 4.83. The van der Waals surface area contributed by atoms with Gasteiger partial charge in [-0.05, 0) is 12.8 Å². The Labute approximate surface area is 88.4 Å². The van der Waals surface area contributed by atoms with Crippen molar-refractivity contribution in [3.63, 3.8) is 0 Å². The summed E-state index contributed by atoms with van der Waals surface area (Å²) in [5.41, 5.74) is 0. The van der Waals surface area contributed by atoms with Crippen molar-refractivity contribution in [2.24, 2.45) is 0 Å². The number of ether oxygens (including phenoxy) is 1. The molecule has 3 heteroatoms. The molecule has 0 heterocycles. The molecule has 0 aromatic carbocycles. The molecule has 2 nitrogen and oxygen atoms in total. The van der Waals surface area contributed by atoms with Gasteiger partial charge in [-0.15, -0.1) is 0 Å². The third kappa shape index (κ3) is 10.8. The van der Waals surface area contributed by atoms with Gasteiger partial charge >= 0.3 is 0 Å². The molecule has 0 fully saturated rings. The van der Waals surface area contributed by atoms with Gasteiger partial charge in [0.2, 0.25) is 0 Å². The van der Waals surface area contributed by atoms with Gasteiger partial charge in [-0.3, -0.25) is 0 Å². The van der Waals surface area contributed by atoms with E-state index >= 15 is 0 Å². The van der Waals surface area contributed by atoms with E-state index in [4.69, 9.17) is 9.84 Å². The zero-order valence-corrected chi connectivity index (χ0v) is 9.93. The Bertz CT molecular complexity index is 69.1. The first kappa shape index (κ1) is 14.3. The molecule has 0 aromatic rings. The number of unbranched alkanes of at least 4 members (excludes halogenated alkanes) is 1. The monoisotopic (exact) mass is 236 g/mol. The molecule has 0 rings (SSSR count). The van der Waals surface area contributed by atoms with E-state index in [-0.39, 0.29) is 26.2 Å². The van der Waals surface area contributed by atoms with Gasteiger partial charge < -0.3 is 9.84 Å². The van der Waals surface area contributed by atoms with Gasteiger partial charge in [-0.2, -0.15) is 0 Å². The fraction of sp³-hybridized carbons (Fsp3) is 1.00. The van der Waals surface area contributed by atoms with Crippen molar-refractivity contribution in [3.05, 3.63) is 0 Å². The molecule has 0 aliphatic carbocycles. The maximum atomic E-state index is 9.05. The van der Waals surface area contributed by atoms with Crippen LogP contribution in [0.25, 0.3) is 0 Å². The average Bonchev–Trinajstić information content (AvgIpc) is 1.89. The molecule has 66 valence electrons. The van der Waals surface area contributed by atoms with Crippen molar-refractivity contribution >= 4 is 0 Å². The van der Waals surface area contributed by atoms with Crippen molar-refractivity contribution < 1.29 is 36.0 Å². The van der Waals surface area contributed by atoms with Crippen LogP contribution in [-0.4, -0.2) is 18.0 Å². The van der Waals surface area contributed by atoms with Gasteiger partial charge in [0.05, 0.1) is 0 Å². The first-order chi connectivity index (χ1) is 4.81. The van der Waals surface area contributed by atoms with E-state index in [0.29, 0.717) is 6.61 Å². The molecule has 0 aliphatic heterocycles. The van der Waals surface area contributed by atoms with Crippen LogP contribution in [-0.2, 0) is 30.9 Å². The predicted octanol–water partition coefficient (Wildman–Crippen LogP) is 1.92. The van der Waals surface area contributed by atoms with Crippen molar-refractivity contribution in [2.75, 3.05) is 6.61 Å². The molecule has 0 saturated heterocycles. The number of aliphatic hydroxyl groups excluding tert-OH is 1. The summed E-state index contributed by atoms with van der Waals surface area (Å²) in [7, 11) is 0. The van der Waals surface area contributed by atoms with Gasteiger partial charge in [0.15, 0.2) is 6.29 Å². The molecule has 0 aromatic heterocycles. The zero-order valence-electron chi connectivity index (χ0n) is 7.47. The normalized spacial score (nSPS) is 12.3. The van der Waals surface area contributed by atoms with E-state index in [9.17, 15) is 0 Å². The predicted molar refractivity (Wildman–Crippen MR) is 41.8 cm³/mol. The number of aliphatic hydroxyl groups is 1.